The molecule has 1 fully saturated rings. The zero-order valence-electron chi connectivity index (χ0n) is 9.52. The van der Waals surface area contributed by atoms with E-state index in [-0.39, 0.29) is 23.5 Å². The van der Waals surface area contributed by atoms with Crippen LogP contribution in [0, 0.1) is 0 Å². The third-order valence-corrected chi connectivity index (χ3v) is 4.71. The summed E-state index contributed by atoms with van der Waals surface area (Å²) in [4.78, 5) is 11.7. The third-order valence-electron chi connectivity index (χ3n) is 2.71. The molecule has 0 aromatic heterocycles. The van der Waals surface area contributed by atoms with Crippen LogP contribution in [-0.4, -0.2) is 31.9 Å². The molecule has 1 aliphatic rings. The second-order valence-electron chi connectivity index (χ2n) is 4.21. The van der Waals surface area contributed by atoms with Crippen LogP contribution in [0.5, 0.6) is 0 Å². The molecule has 0 aliphatic carbocycles. The molecule has 1 aromatic rings. The van der Waals surface area contributed by atoms with Gasteiger partial charge in [-0.2, -0.15) is 0 Å². The van der Waals surface area contributed by atoms with Crippen molar-refractivity contribution in [2.24, 2.45) is 0 Å². The van der Waals surface area contributed by atoms with Gasteiger partial charge in [0, 0.05) is 16.6 Å². The van der Waals surface area contributed by atoms with Crippen LogP contribution in [-0.2, 0) is 9.84 Å². The molecule has 1 aromatic carbocycles. The second-order valence-corrected chi connectivity index (χ2v) is 6.87. The summed E-state index contributed by atoms with van der Waals surface area (Å²) in [6, 6.07) is 6.31. The minimum absolute atomic E-state index is 0.0584. The molecule has 2 N–H and O–H groups in total. The number of hydrazine groups is 1. The van der Waals surface area contributed by atoms with E-state index in [1.54, 1.807) is 24.3 Å². The lowest BCUT2D eigenvalue weighted by atomic mass is 10.2. The van der Waals surface area contributed by atoms with Crippen molar-refractivity contribution in [3.8, 4) is 0 Å². The fourth-order valence-corrected chi connectivity index (χ4v) is 3.64. The van der Waals surface area contributed by atoms with Crippen LogP contribution >= 0.6 is 11.6 Å². The van der Waals surface area contributed by atoms with Crippen molar-refractivity contribution in [3.63, 3.8) is 0 Å². The van der Waals surface area contributed by atoms with E-state index >= 15 is 0 Å². The Morgan fingerprint density at radius 2 is 2.17 bits per heavy atom. The number of benzene rings is 1. The zero-order valence-corrected chi connectivity index (χ0v) is 11.1. The maximum Gasteiger partial charge on any atom is 0.265 e. The SMILES string of the molecule is O=C(NNC1CCS(=O)(=O)C1)c1cccc(Cl)c1. The number of hydrogen-bond acceptors (Lipinski definition) is 4. The van der Waals surface area contributed by atoms with Gasteiger partial charge in [-0.05, 0) is 24.6 Å². The summed E-state index contributed by atoms with van der Waals surface area (Å²) in [7, 11) is -2.95. The van der Waals surface area contributed by atoms with Crippen LogP contribution in [0.4, 0.5) is 0 Å². The number of hydrogen-bond donors (Lipinski definition) is 2. The van der Waals surface area contributed by atoms with E-state index in [0.717, 1.165) is 0 Å². The molecule has 0 bridgehead atoms. The first kappa shape index (κ1) is 13.3. The van der Waals surface area contributed by atoms with E-state index in [1.807, 2.05) is 0 Å². The first-order valence-electron chi connectivity index (χ1n) is 5.48. The Labute approximate surface area is 110 Å². The highest BCUT2D eigenvalue weighted by atomic mass is 35.5. The molecule has 5 nitrogen and oxygen atoms in total. The average Bonchev–Trinajstić information content (AvgIpc) is 2.66. The van der Waals surface area contributed by atoms with Gasteiger partial charge in [-0.25, -0.2) is 13.8 Å². The molecule has 0 radical (unpaired) electrons. The fraction of sp³-hybridized carbons (Fsp3) is 0.364. The van der Waals surface area contributed by atoms with Crippen LogP contribution in [0.3, 0.4) is 0 Å². The average molecular weight is 289 g/mol. The minimum atomic E-state index is -2.95. The van der Waals surface area contributed by atoms with Crippen molar-refractivity contribution in [3.05, 3.63) is 34.9 Å². The molecule has 18 heavy (non-hydrogen) atoms. The Morgan fingerprint density at radius 3 is 2.78 bits per heavy atom. The van der Waals surface area contributed by atoms with Crippen molar-refractivity contribution in [1.82, 2.24) is 10.9 Å². The highest BCUT2D eigenvalue weighted by molar-refractivity contribution is 7.91. The number of sulfone groups is 1. The fourth-order valence-electron chi connectivity index (χ4n) is 1.78. The van der Waals surface area contributed by atoms with Crippen LogP contribution in [0.2, 0.25) is 5.02 Å². The summed E-state index contributed by atoms with van der Waals surface area (Å²) in [5.74, 6) is -0.109. The second kappa shape index (κ2) is 5.26. The van der Waals surface area contributed by atoms with Gasteiger partial charge in [-0.1, -0.05) is 17.7 Å². The molecule has 1 unspecified atom stereocenters. The third kappa shape index (κ3) is 3.44. The lowest BCUT2D eigenvalue weighted by Crippen LogP contribution is -2.44. The Morgan fingerprint density at radius 1 is 1.39 bits per heavy atom. The smallest absolute Gasteiger partial charge is 0.265 e. The molecule has 1 amide bonds. The standard InChI is InChI=1S/C11H13ClN2O3S/c12-9-3-1-2-8(6-9)11(15)14-13-10-4-5-18(16,17)7-10/h1-3,6,10,13H,4-5,7H2,(H,14,15). The monoisotopic (exact) mass is 288 g/mol. The van der Waals surface area contributed by atoms with Crippen LogP contribution in [0.15, 0.2) is 24.3 Å². The number of halogens is 1. The van der Waals surface area contributed by atoms with E-state index in [9.17, 15) is 13.2 Å². The first-order chi connectivity index (χ1) is 8.46. The molecular weight excluding hydrogens is 276 g/mol. The topological polar surface area (TPSA) is 75.3 Å². The molecule has 98 valence electrons. The van der Waals surface area contributed by atoms with Crippen LogP contribution in [0.25, 0.3) is 0 Å². The number of carbonyl (C=O) groups excluding carboxylic acids is 1. The van der Waals surface area contributed by atoms with Gasteiger partial charge in [-0.15, -0.1) is 0 Å². The number of nitrogens with one attached hydrogen (secondary N) is 2. The maximum absolute atomic E-state index is 11.7. The van der Waals surface area contributed by atoms with Gasteiger partial charge >= 0.3 is 0 Å². The van der Waals surface area contributed by atoms with E-state index in [2.05, 4.69) is 10.9 Å². The molecule has 1 aliphatic heterocycles. The highest BCUT2D eigenvalue weighted by Crippen LogP contribution is 2.12. The lowest BCUT2D eigenvalue weighted by molar-refractivity contribution is 0.0927. The lowest BCUT2D eigenvalue weighted by Gasteiger charge is -2.12. The predicted octanol–water partition coefficient (Wildman–Crippen LogP) is 0.762. The van der Waals surface area contributed by atoms with Gasteiger partial charge in [0.1, 0.15) is 0 Å². The van der Waals surface area contributed by atoms with Gasteiger partial charge in [0.25, 0.3) is 5.91 Å². The van der Waals surface area contributed by atoms with E-state index in [1.165, 1.54) is 0 Å². The highest BCUT2D eigenvalue weighted by Gasteiger charge is 2.27. The normalized spacial score (nSPS) is 21.7. The van der Waals surface area contributed by atoms with Gasteiger partial charge in [-0.3, -0.25) is 10.2 Å². The van der Waals surface area contributed by atoms with E-state index in [0.29, 0.717) is 17.0 Å². The van der Waals surface area contributed by atoms with Crippen molar-refractivity contribution in [1.29, 1.82) is 0 Å². The van der Waals surface area contributed by atoms with E-state index < -0.39 is 9.84 Å². The minimum Gasteiger partial charge on any atom is -0.287 e. The zero-order chi connectivity index (χ0) is 13.2. The number of amides is 1. The molecule has 1 heterocycles. The molecule has 0 spiro atoms. The predicted molar refractivity (Wildman–Crippen MR) is 69.1 cm³/mol. The molecule has 1 atom stereocenters. The van der Waals surface area contributed by atoms with Gasteiger partial charge in [0.2, 0.25) is 0 Å². The molecular formula is C11H13ClN2O3S. The summed E-state index contributed by atoms with van der Waals surface area (Å²) >= 11 is 5.77. The Balaban J connectivity index is 1.90. The van der Waals surface area contributed by atoms with Crippen LogP contribution < -0.4 is 10.9 Å². The van der Waals surface area contributed by atoms with Gasteiger partial charge in [0.05, 0.1) is 11.5 Å². The maximum atomic E-state index is 11.7. The Bertz CT molecular complexity index is 559. The van der Waals surface area contributed by atoms with Crippen molar-refractivity contribution >= 4 is 27.3 Å². The van der Waals surface area contributed by atoms with Crippen molar-refractivity contribution in [2.45, 2.75) is 12.5 Å². The Hall–Kier alpha value is -1.11. The van der Waals surface area contributed by atoms with E-state index in [4.69, 9.17) is 11.6 Å². The first-order valence-corrected chi connectivity index (χ1v) is 7.68. The Kier molecular flexibility index (Phi) is 3.89. The van der Waals surface area contributed by atoms with Crippen molar-refractivity contribution in [2.75, 3.05) is 11.5 Å². The molecule has 7 heteroatoms. The van der Waals surface area contributed by atoms with Crippen LogP contribution in [0.1, 0.15) is 16.8 Å². The largest absolute Gasteiger partial charge is 0.287 e. The molecule has 0 saturated carbocycles. The molecule has 2 rings (SSSR count). The summed E-state index contributed by atoms with van der Waals surface area (Å²) < 4.78 is 22.5. The summed E-state index contributed by atoms with van der Waals surface area (Å²) in [6.45, 7) is 0. The molecule has 1 saturated heterocycles. The summed E-state index contributed by atoms with van der Waals surface area (Å²) in [6.07, 6.45) is 0.512. The number of carbonyl (C=O) groups is 1. The quantitative estimate of drug-likeness (QED) is 0.805. The number of rotatable bonds is 3. The summed E-state index contributed by atoms with van der Waals surface area (Å²) in [5, 5.41) is 0.478. The van der Waals surface area contributed by atoms with Gasteiger partial charge < -0.3 is 0 Å². The van der Waals surface area contributed by atoms with Gasteiger partial charge in [0.15, 0.2) is 9.84 Å². The summed E-state index contributed by atoms with van der Waals surface area (Å²) in [5.41, 5.74) is 5.65. The van der Waals surface area contributed by atoms with Crippen molar-refractivity contribution < 1.29 is 13.2 Å².